The lowest BCUT2D eigenvalue weighted by Crippen LogP contribution is -2.16. The molecule has 1 amide bonds. The average Bonchev–Trinajstić information content (AvgIpc) is 2.19. The monoisotopic (exact) mass is 302 g/mol. The van der Waals surface area contributed by atoms with Gasteiger partial charge in [0.05, 0.1) is 18.6 Å². The number of nitrogens with two attached hydrogens (primary N) is 2. The van der Waals surface area contributed by atoms with Crippen molar-refractivity contribution in [3.8, 4) is 5.75 Å². The zero-order valence-corrected chi connectivity index (χ0v) is 10.8. The Morgan fingerprint density at radius 3 is 2.69 bits per heavy atom. The van der Waals surface area contributed by atoms with Crippen LogP contribution in [0.2, 0.25) is 0 Å². The summed E-state index contributed by atoms with van der Waals surface area (Å²) in [5.41, 5.74) is 11.2. The average molecular weight is 303 g/mol. The van der Waals surface area contributed by atoms with Crippen LogP contribution in [0.25, 0.3) is 0 Å². The van der Waals surface area contributed by atoms with Gasteiger partial charge in [0.1, 0.15) is 10.7 Å². The predicted molar refractivity (Wildman–Crippen MR) is 69.3 cm³/mol. The largest absolute Gasteiger partial charge is 0.492 e. The van der Waals surface area contributed by atoms with Crippen molar-refractivity contribution in [3.63, 3.8) is 0 Å². The topological polar surface area (TPSA) is 78.3 Å². The first-order valence-electron chi connectivity index (χ1n) is 4.51. The number of benzene rings is 1. The summed E-state index contributed by atoms with van der Waals surface area (Å²) in [6.45, 7) is 0.215. The van der Waals surface area contributed by atoms with Crippen LogP contribution in [0.1, 0.15) is 12.0 Å². The number of halogens is 1. The van der Waals surface area contributed by atoms with E-state index >= 15 is 0 Å². The maximum atomic E-state index is 10.5. The molecule has 6 heteroatoms. The number of carbonyl (C=O) groups excluding carboxylic acids is 1. The third-order valence-corrected chi connectivity index (χ3v) is 2.53. The van der Waals surface area contributed by atoms with E-state index < -0.39 is 5.91 Å². The third kappa shape index (κ3) is 3.79. The van der Waals surface area contributed by atoms with Crippen LogP contribution in [0, 0.1) is 0 Å². The van der Waals surface area contributed by atoms with Crippen molar-refractivity contribution in [3.05, 3.63) is 28.2 Å². The number of hydrogen-bond donors (Lipinski definition) is 2. The molecule has 1 aromatic rings. The summed E-state index contributed by atoms with van der Waals surface area (Å²) < 4.78 is 6.23. The molecule has 0 aliphatic rings. The van der Waals surface area contributed by atoms with Gasteiger partial charge in [0.25, 0.3) is 0 Å². The van der Waals surface area contributed by atoms with Crippen molar-refractivity contribution < 1.29 is 9.53 Å². The second kappa shape index (κ2) is 5.81. The van der Waals surface area contributed by atoms with E-state index in [2.05, 4.69) is 15.9 Å². The Bertz CT molecular complexity index is 423. The molecule has 0 atom stereocenters. The normalized spacial score (nSPS) is 9.81. The standard InChI is InChI=1S/C10H11BrN2O2S/c11-6-1-2-8(7(5-6)10(13)16)15-4-3-9(12)14/h1-2,5H,3-4H2,(H2,12,14)(H2,13,16). The lowest BCUT2D eigenvalue weighted by molar-refractivity contribution is -0.118. The Hall–Kier alpha value is -1.14. The van der Waals surface area contributed by atoms with Crippen LogP contribution in [0.15, 0.2) is 22.7 Å². The van der Waals surface area contributed by atoms with Crippen molar-refractivity contribution in [1.82, 2.24) is 0 Å². The molecule has 0 spiro atoms. The van der Waals surface area contributed by atoms with Gasteiger partial charge in [-0.1, -0.05) is 28.1 Å². The minimum absolute atomic E-state index is 0.160. The first-order valence-corrected chi connectivity index (χ1v) is 5.71. The third-order valence-electron chi connectivity index (χ3n) is 1.81. The Morgan fingerprint density at radius 1 is 1.44 bits per heavy atom. The number of hydrogen-bond acceptors (Lipinski definition) is 3. The van der Waals surface area contributed by atoms with Gasteiger partial charge in [-0.3, -0.25) is 4.79 Å². The second-order valence-corrected chi connectivity index (χ2v) is 4.43. The van der Waals surface area contributed by atoms with Gasteiger partial charge in [0.15, 0.2) is 0 Å². The van der Waals surface area contributed by atoms with E-state index in [1.165, 1.54) is 0 Å². The molecule has 1 aromatic carbocycles. The van der Waals surface area contributed by atoms with Crippen molar-refractivity contribution in [2.75, 3.05) is 6.61 Å². The highest BCUT2D eigenvalue weighted by molar-refractivity contribution is 9.10. The van der Waals surface area contributed by atoms with E-state index in [4.69, 9.17) is 28.4 Å². The van der Waals surface area contributed by atoms with E-state index in [0.29, 0.717) is 11.3 Å². The SMILES string of the molecule is NC(=O)CCOc1ccc(Br)cc1C(N)=S. The zero-order chi connectivity index (χ0) is 12.1. The van der Waals surface area contributed by atoms with Crippen LogP contribution in [0.4, 0.5) is 0 Å². The Kier molecular flexibility index (Phi) is 4.70. The predicted octanol–water partition coefficient (Wildman–Crippen LogP) is 1.34. The lowest BCUT2D eigenvalue weighted by atomic mass is 10.2. The van der Waals surface area contributed by atoms with E-state index in [1.54, 1.807) is 18.2 Å². The van der Waals surface area contributed by atoms with Crippen molar-refractivity contribution in [1.29, 1.82) is 0 Å². The highest BCUT2D eigenvalue weighted by Crippen LogP contribution is 2.23. The first kappa shape index (κ1) is 12.9. The zero-order valence-electron chi connectivity index (χ0n) is 8.40. The van der Waals surface area contributed by atoms with Gasteiger partial charge in [-0.05, 0) is 18.2 Å². The fourth-order valence-corrected chi connectivity index (χ4v) is 1.60. The molecule has 0 radical (unpaired) electrons. The molecule has 16 heavy (non-hydrogen) atoms. The summed E-state index contributed by atoms with van der Waals surface area (Å²) in [5.74, 6) is 0.144. The van der Waals surface area contributed by atoms with Gasteiger partial charge in [0.2, 0.25) is 5.91 Å². The van der Waals surface area contributed by atoms with Gasteiger partial charge in [-0.15, -0.1) is 0 Å². The van der Waals surface area contributed by atoms with Gasteiger partial charge >= 0.3 is 0 Å². The van der Waals surface area contributed by atoms with Crippen molar-refractivity contribution in [2.45, 2.75) is 6.42 Å². The van der Waals surface area contributed by atoms with Gasteiger partial charge in [-0.25, -0.2) is 0 Å². The summed E-state index contributed by atoms with van der Waals surface area (Å²) in [6, 6.07) is 5.31. The maximum Gasteiger partial charge on any atom is 0.220 e. The van der Waals surface area contributed by atoms with E-state index in [-0.39, 0.29) is 18.0 Å². The Balaban J connectivity index is 2.78. The molecule has 0 aromatic heterocycles. The van der Waals surface area contributed by atoms with Crippen LogP contribution in [0.3, 0.4) is 0 Å². The maximum absolute atomic E-state index is 10.5. The van der Waals surface area contributed by atoms with Crippen LogP contribution in [-0.2, 0) is 4.79 Å². The fourth-order valence-electron chi connectivity index (χ4n) is 1.08. The minimum atomic E-state index is -0.408. The molecular weight excluding hydrogens is 292 g/mol. The van der Waals surface area contributed by atoms with Crippen LogP contribution < -0.4 is 16.2 Å². The quantitative estimate of drug-likeness (QED) is 0.805. The minimum Gasteiger partial charge on any atom is -0.492 e. The summed E-state index contributed by atoms with van der Waals surface area (Å²) in [5, 5.41) is 0. The number of ether oxygens (including phenoxy) is 1. The highest BCUT2D eigenvalue weighted by Gasteiger charge is 2.07. The first-order chi connectivity index (χ1) is 7.50. The number of amides is 1. The van der Waals surface area contributed by atoms with Crippen LogP contribution in [0.5, 0.6) is 5.75 Å². The number of thiocarbonyl (C=S) groups is 1. The molecule has 86 valence electrons. The molecule has 0 heterocycles. The van der Waals surface area contributed by atoms with Crippen molar-refractivity contribution in [2.24, 2.45) is 11.5 Å². The molecule has 1 rings (SSSR count). The lowest BCUT2D eigenvalue weighted by Gasteiger charge is -2.10. The van der Waals surface area contributed by atoms with Gasteiger partial charge in [0, 0.05) is 4.47 Å². The Morgan fingerprint density at radius 2 is 2.12 bits per heavy atom. The summed E-state index contributed by atoms with van der Waals surface area (Å²) in [4.78, 5) is 10.8. The summed E-state index contributed by atoms with van der Waals surface area (Å²) >= 11 is 8.21. The second-order valence-electron chi connectivity index (χ2n) is 3.07. The van der Waals surface area contributed by atoms with E-state index in [1.807, 2.05) is 0 Å². The molecule has 4 nitrogen and oxygen atoms in total. The molecule has 0 fully saturated rings. The molecule has 0 saturated carbocycles. The fraction of sp³-hybridized carbons (Fsp3) is 0.200. The molecule has 0 bridgehead atoms. The molecule has 0 aliphatic heterocycles. The van der Waals surface area contributed by atoms with E-state index in [0.717, 1.165) is 4.47 Å². The molecule has 0 unspecified atom stereocenters. The number of carbonyl (C=O) groups is 1. The molecule has 0 aliphatic carbocycles. The number of rotatable bonds is 5. The van der Waals surface area contributed by atoms with Crippen LogP contribution >= 0.6 is 28.1 Å². The molecule has 4 N–H and O–H groups in total. The smallest absolute Gasteiger partial charge is 0.220 e. The Labute approximate surface area is 107 Å². The van der Waals surface area contributed by atoms with Gasteiger partial charge in [-0.2, -0.15) is 0 Å². The number of primary amides is 1. The van der Waals surface area contributed by atoms with Gasteiger partial charge < -0.3 is 16.2 Å². The summed E-state index contributed by atoms with van der Waals surface area (Å²) in [6.07, 6.45) is 0.160. The van der Waals surface area contributed by atoms with E-state index in [9.17, 15) is 4.79 Å². The summed E-state index contributed by atoms with van der Waals surface area (Å²) in [7, 11) is 0. The van der Waals surface area contributed by atoms with Crippen LogP contribution in [-0.4, -0.2) is 17.5 Å². The van der Waals surface area contributed by atoms with Crippen molar-refractivity contribution >= 4 is 39.0 Å². The highest BCUT2D eigenvalue weighted by atomic mass is 79.9. The molecular formula is C10H11BrN2O2S. The molecule has 0 saturated heterocycles.